The van der Waals surface area contributed by atoms with Gasteiger partial charge in [-0.3, -0.25) is 4.79 Å². The van der Waals surface area contributed by atoms with Crippen LogP contribution in [0, 0.1) is 5.92 Å². The molecule has 0 saturated carbocycles. The van der Waals surface area contributed by atoms with E-state index in [1.165, 1.54) is 4.88 Å². The molecule has 0 aliphatic carbocycles. The minimum atomic E-state index is 0.310. The van der Waals surface area contributed by atoms with Crippen LogP contribution in [0.15, 0.2) is 15.9 Å². The van der Waals surface area contributed by atoms with E-state index in [9.17, 15) is 4.79 Å². The molecule has 88 valence electrons. The highest BCUT2D eigenvalue weighted by Gasteiger charge is 2.21. The summed E-state index contributed by atoms with van der Waals surface area (Å²) in [4.78, 5) is 15.2. The fraction of sp³-hybridized carbons (Fsp3) is 0.583. The van der Waals surface area contributed by atoms with Crippen molar-refractivity contribution in [2.24, 2.45) is 5.92 Å². The van der Waals surface area contributed by atoms with Gasteiger partial charge >= 0.3 is 0 Å². The molecule has 2 heterocycles. The van der Waals surface area contributed by atoms with Crippen molar-refractivity contribution in [2.75, 3.05) is 6.54 Å². The average Bonchev–Trinajstić information content (AvgIpc) is 2.59. The van der Waals surface area contributed by atoms with Gasteiger partial charge in [-0.1, -0.05) is 6.92 Å². The van der Waals surface area contributed by atoms with Crippen LogP contribution in [0.5, 0.6) is 0 Å². The molecule has 1 aliphatic rings. The third kappa shape index (κ3) is 2.86. The number of amides is 1. The number of carbonyl (C=O) groups is 1. The molecule has 0 bridgehead atoms. The van der Waals surface area contributed by atoms with Crippen molar-refractivity contribution in [3.8, 4) is 0 Å². The highest BCUT2D eigenvalue weighted by Crippen LogP contribution is 2.26. The van der Waals surface area contributed by atoms with Crippen molar-refractivity contribution < 1.29 is 4.79 Å². The van der Waals surface area contributed by atoms with E-state index in [4.69, 9.17) is 0 Å². The van der Waals surface area contributed by atoms with Gasteiger partial charge in [0.15, 0.2) is 0 Å². The molecule has 1 atom stereocenters. The van der Waals surface area contributed by atoms with E-state index in [0.717, 1.165) is 30.4 Å². The van der Waals surface area contributed by atoms with Crippen LogP contribution in [0.1, 0.15) is 31.1 Å². The fourth-order valence-electron chi connectivity index (χ4n) is 1.95. The van der Waals surface area contributed by atoms with E-state index in [1.54, 1.807) is 11.3 Å². The molecule has 2 rings (SSSR count). The van der Waals surface area contributed by atoms with Crippen LogP contribution in [0.2, 0.25) is 0 Å². The molecule has 1 aromatic rings. The lowest BCUT2D eigenvalue weighted by Gasteiger charge is -2.20. The molecule has 0 N–H and O–H groups in total. The molecule has 1 saturated heterocycles. The molecule has 0 spiro atoms. The average molecular weight is 302 g/mol. The topological polar surface area (TPSA) is 20.3 Å². The van der Waals surface area contributed by atoms with Gasteiger partial charge in [-0.15, -0.1) is 11.3 Å². The Kier molecular flexibility index (Phi) is 4.03. The van der Waals surface area contributed by atoms with E-state index < -0.39 is 0 Å². The summed E-state index contributed by atoms with van der Waals surface area (Å²) in [6.45, 7) is 3.91. The first-order valence-corrected chi connectivity index (χ1v) is 7.33. The zero-order valence-electron chi connectivity index (χ0n) is 9.41. The summed E-state index contributed by atoms with van der Waals surface area (Å²) in [6.07, 6.45) is 2.89. The van der Waals surface area contributed by atoms with Crippen LogP contribution in [-0.4, -0.2) is 17.4 Å². The quantitative estimate of drug-likeness (QED) is 0.816. The summed E-state index contributed by atoms with van der Waals surface area (Å²) < 4.78 is 1.13. The van der Waals surface area contributed by atoms with Gasteiger partial charge in [-0.2, -0.15) is 0 Å². The largest absolute Gasteiger partial charge is 0.338 e. The number of rotatable bonds is 2. The first-order valence-electron chi connectivity index (χ1n) is 5.66. The van der Waals surface area contributed by atoms with Gasteiger partial charge in [-0.25, -0.2) is 0 Å². The Morgan fingerprint density at radius 3 is 3.06 bits per heavy atom. The lowest BCUT2D eigenvalue weighted by molar-refractivity contribution is -0.131. The van der Waals surface area contributed by atoms with Gasteiger partial charge in [-0.05, 0) is 46.1 Å². The van der Waals surface area contributed by atoms with Crippen LogP contribution in [0.3, 0.4) is 0 Å². The first kappa shape index (κ1) is 12.1. The van der Waals surface area contributed by atoms with Gasteiger partial charge in [0, 0.05) is 22.3 Å². The van der Waals surface area contributed by atoms with E-state index >= 15 is 0 Å². The molecular formula is C12H16BrNOS. The maximum absolute atomic E-state index is 11.9. The van der Waals surface area contributed by atoms with Crippen LogP contribution in [0.25, 0.3) is 0 Å². The van der Waals surface area contributed by atoms with Gasteiger partial charge < -0.3 is 4.90 Å². The summed E-state index contributed by atoms with van der Waals surface area (Å²) in [5.74, 6) is 0.991. The van der Waals surface area contributed by atoms with Crippen molar-refractivity contribution in [3.05, 3.63) is 20.8 Å². The normalized spacial score (nSPS) is 22.2. The molecule has 4 heteroatoms. The van der Waals surface area contributed by atoms with Gasteiger partial charge in [0.1, 0.15) is 0 Å². The summed E-state index contributed by atoms with van der Waals surface area (Å²) >= 11 is 5.23. The molecule has 1 aromatic heterocycles. The van der Waals surface area contributed by atoms with E-state index in [2.05, 4.69) is 28.2 Å². The van der Waals surface area contributed by atoms with Crippen LogP contribution in [-0.2, 0) is 11.3 Å². The Bertz CT molecular complexity index is 377. The zero-order valence-corrected chi connectivity index (χ0v) is 11.8. The minimum absolute atomic E-state index is 0.310. The number of halogens is 1. The fourth-order valence-corrected chi connectivity index (χ4v) is 3.44. The predicted octanol–water partition coefficient (Wildman–Crippen LogP) is 3.66. The first-order chi connectivity index (χ1) is 7.66. The summed E-state index contributed by atoms with van der Waals surface area (Å²) in [6, 6.07) is 2.05. The second-order valence-electron chi connectivity index (χ2n) is 4.44. The maximum Gasteiger partial charge on any atom is 0.222 e. The standard InChI is InChI=1S/C12H16BrNOS/c1-9-2-3-12(15)14(6-4-9)8-11-10(13)5-7-16-11/h5,7,9H,2-4,6,8H2,1H3. The van der Waals surface area contributed by atoms with Crippen molar-refractivity contribution in [1.29, 1.82) is 0 Å². The maximum atomic E-state index is 11.9. The highest BCUT2D eigenvalue weighted by molar-refractivity contribution is 9.10. The van der Waals surface area contributed by atoms with E-state index in [1.807, 2.05) is 11.0 Å². The SMILES string of the molecule is CC1CCC(=O)N(Cc2sccc2Br)CC1. The number of nitrogens with zero attached hydrogens (tertiary/aromatic N) is 1. The summed E-state index contributed by atoms with van der Waals surface area (Å²) in [5, 5.41) is 2.06. The van der Waals surface area contributed by atoms with Gasteiger partial charge in [0.05, 0.1) is 6.54 Å². The predicted molar refractivity (Wildman–Crippen MR) is 70.5 cm³/mol. The van der Waals surface area contributed by atoms with Crippen molar-refractivity contribution in [3.63, 3.8) is 0 Å². The van der Waals surface area contributed by atoms with E-state index in [0.29, 0.717) is 18.2 Å². The van der Waals surface area contributed by atoms with Crippen molar-refractivity contribution in [2.45, 2.75) is 32.7 Å². The Labute approximate surface area is 109 Å². The molecule has 1 fully saturated rings. The molecule has 1 aliphatic heterocycles. The number of hydrogen-bond acceptors (Lipinski definition) is 2. The van der Waals surface area contributed by atoms with Crippen LogP contribution < -0.4 is 0 Å². The number of likely N-dealkylation sites (tertiary alicyclic amines) is 1. The Morgan fingerprint density at radius 2 is 2.38 bits per heavy atom. The molecule has 16 heavy (non-hydrogen) atoms. The number of hydrogen-bond donors (Lipinski definition) is 0. The Hall–Kier alpha value is -0.350. The molecule has 1 unspecified atom stereocenters. The van der Waals surface area contributed by atoms with Gasteiger partial charge in [0.25, 0.3) is 0 Å². The molecular weight excluding hydrogens is 286 g/mol. The molecule has 1 amide bonds. The lowest BCUT2D eigenvalue weighted by atomic mass is 10.0. The zero-order chi connectivity index (χ0) is 11.5. The molecule has 0 aromatic carbocycles. The smallest absolute Gasteiger partial charge is 0.222 e. The second-order valence-corrected chi connectivity index (χ2v) is 6.29. The van der Waals surface area contributed by atoms with Crippen LogP contribution >= 0.6 is 27.3 Å². The summed E-state index contributed by atoms with van der Waals surface area (Å²) in [5.41, 5.74) is 0. The lowest BCUT2D eigenvalue weighted by Crippen LogP contribution is -2.29. The third-order valence-corrected chi connectivity index (χ3v) is 5.03. The Morgan fingerprint density at radius 1 is 1.56 bits per heavy atom. The minimum Gasteiger partial charge on any atom is -0.338 e. The number of thiophene rings is 1. The van der Waals surface area contributed by atoms with Crippen LogP contribution in [0.4, 0.5) is 0 Å². The summed E-state index contributed by atoms with van der Waals surface area (Å²) in [7, 11) is 0. The van der Waals surface area contributed by atoms with Gasteiger partial charge in [0.2, 0.25) is 5.91 Å². The molecule has 0 radical (unpaired) electrons. The van der Waals surface area contributed by atoms with Crippen molar-refractivity contribution in [1.82, 2.24) is 4.90 Å². The third-order valence-electron chi connectivity index (χ3n) is 3.12. The Balaban J connectivity index is 2.03. The van der Waals surface area contributed by atoms with Crippen molar-refractivity contribution >= 4 is 33.2 Å². The van der Waals surface area contributed by atoms with E-state index in [-0.39, 0.29) is 0 Å². The number of carbonyl (C=O) groups excluding carboxylic acids is 1. The molecule has 2 nitrogen and oxygen atoms in total. The highest BCUT2D eigenvalue weighted by atomic mass is 79.9. The monoisotopic (exact) mass is 301 g/mol. The second kappa shape index (κ2) is 5.32.